The van der Waals surface area contributed by atoms with Crippen molar-refractivity contribution in [1.29, 1.82) is 0 Å². The average molecular weight is 295 g/mol. The summed E-state index contributed by atoms with van der Waals surface area (Å²) in [6.45, 7) is 5.47. The van der Waals surface area contributed by atoms with E-state index in [4.69, 9.17) is 0 Å². The molecule has 0 radical (unpaired) electrons. The molecule has 1 aromatic carbocycles. The van der Waals surface area contributed by atoms with E-state index in [1.165, 1.54) is 6.07 Å². The third kappa shape index (κ3) is 4.41. The summed E-state index contributed by atoms with van der Waals surface area (Å²) in [4.78, 5) is 12.9. The molecule has 0 aromatic heterocycles. The van der Waals surface area contributed by atoms with Crippen LogP contribution in [0, 0.1) is 10.1 Å². The number of para-hydroxylation sites is 1. The molecule has 0 bridgehead atoms. The summed E-state index contributed by atoms with van der Waals surface area (Å²) < 4.78 is 0. The Bertz CT molecular complexity index is 461. The van der Waals surface area contributed by atoms with Crippen molar-refractivity contribution in [3.63, 3.8) is 0 Å². The molecule has 0 aliphatic heterocycles. The first kappa shape index (κ1) is 17.4. The number of nitro groups is 1. The fourth-order valence-electron chi connectivity index (χ4n) is 2.70. The largest absolute Gasteiger partial charge is 0.395 e. The van der Waals surface area contributed by atoms with Crippen LogP contribution in [0.4, 0.5) is 11.4 Å². The number of rotatable bonds is 9. The molecule has 0 aliphatic carbocycles. The van der Waals surface area contributed by atoms with E-state index in [0.717, 1.165) is 18.4 Å². The number of nitro benzene ring substituents is 1. The summed E-state index contributed by atoms with van der Waals surface area (Å²) in [5.41, 5.74) is 1.52. The van der Waals surface area contributed by atoms with Crippen molar-refractivity contribution < 1.29 is 10.0 Å². The zero-order chi connectivity index (χ0) is 15.8. The van der Waals surface area contributed by atoms with Crippen LogP contribution in [0.15, 0.2) is 18.2 Å². The Morgan fingerprint density at radius 1 is 1.38 bits per heavy atom. The Hall–Kier alpha value is -1.66. The molecule has 1 aromatic rings. The molecule has 0 saturated heterocycles. The minimum Gasteiger partial charge on any atom is -0.395 e. The lowest BCUT2D eigenvalue weighted by atomic mass is 10.1. The SMILES string of the molecule is CCC(CC)N(CCO)Cc1cccc([N+](=O)[O-])c1NC. The molecular weight excluding hydrogens is 270 g/mol. The zero-order valence-electron chi connectivity index (χ0n) is 13.0. The molecule has 118 valence electrons. The fourth-order valence-corrected chi connectivity index (χ4v) is 2.70. The highest BCUT2D eigenvalue weighted by atomic mass is 16.6. The minimum absolute atomic E-state index is 0.0836. The summed E-state index contributed by atoms with van der Waals surface area (Å²) in [7, 11) is 1.69. The molecule has 0 atom stereocenters. The van der Waals surface area contributed by atoms with Crippen molar-refractivity contribution in [2.24, 2.45) is 0 Å². The third-order valence-corrected chi connectivity index (χ3v) is 3.79. The van der Waals surface area contributed by atoms with E-state index in [-0.39, 0.29) is 17.2 Å². The lowest BCUT2D eigenvalue weighted by Gasteiger charge is -2.30. The number of hydrogen-bond donors (Lipinski definition) is 2. The van der Waals surface area contributed by atoms with Gasteiger partial charge in [0.1, 0.15) is 5.69 Å². The van der Waals surface area contributed by atoms with Crippen LogP contribution in [0.25, 0.3) is 0 Å². The third-order valence-electron chi connectivity index (χ3n) is 3.79. The van der Waals surface area contributed by atoms with Gasteiger partial charge in [0.2, 0.25) is 0 Å². The van der Waals surface area contributed by atoms with Crippen LogP contribution in [0.2, 0.25) is 0 Å². The van der Waals surface area contributed by atoms with Crippen molar-refractivity contribution >= 4 is 11.4 Å². The van der Waals surface area contributed by atoms with Gasteiger partial charge < -0.3 is 10.4 Å². The second kappa shape index (κ2) is 8.59. The van der Waals surface area contributed by atoms with Gasteiger partial charge in [-0.3, -0.25) is 15.0 Å². The lowest BCUT2D eigenvalue weighted by Crippen LogP contribution is -2.36. The van der Waals surface area contributed by atoms with Gasteiger partial charge in [-0.2, -0.15) is 0 Å². The van der Waals surface area contributed by atoms with Gasteiger partial charge >= 0.3 is 0 Å². The summed E-state index contributed by atoms with van der Waals surface area (Å²) in [5, 5.41) is 23.3. The van der Waals surface area contributed by atoms with Gasteiger partial charge in [-0.05, 0) is 18.4 Å². The Labute approximate surface area is 125 Å². The van der Waals surface area contributed by atoms with Gasteiger partial charge in [0.25, 0.3) is 5.69 Å². The van der Waals surface area contributed by atoms with E-state index in [2.05, 4.69) is 24.1 Å². The van der Waals surface area contributed by atoms with Crippen LogP contribution in [0.1, 0.15) is 32.3 Å². The maximum Gasteiger partial charge on any atom is 0.292 e. The molecule has 0 amide bonds. The first-order valence-corrected chi connectivity index (χ1v) is 7.37. The Balaban J connectivity index is 3.08. The van der Waals surface area contributed by atoms with Crippen molar-refractivity contribution in [2.75, 3.05) is 25.5 Å². The maximum absolute atomic E-state index is 11.1. The summed E-state index contributed by atoms with van der Waals surface area (Å²) >= 11 is 0. The maximum atomic E-state index is 11.1. The van der Waals surface area contributed by atoms with Gasteiger partial charge in [0.15, 0.2) is 0 Å². The lowest BCUT2D eigenvalue weighted by molar-refractivity contribution is -0.384. The Kier molecular flexibility index (Phi) is 7.11. The van der Waals surface area contributed by atoms with Crippen LogP contribution in [-0.4, -0.2) is 41.2 Å². The van der Waals surface area contributed by atoms with E-state index in [1.807, 2.05) is 6.07 Å². The molecule has 0 spiro atoms. The fraction of sp³-hybridized carbons (Fsp3) is 0.600. The van der Waals surface area contributed by atoms with Crippen LogP contribution in [-0.2, 0) is 6.54 Å². The van der Waals surface area contributed by atoms with E-state index in [1.54, 1.807) is 13.1 Å². The average Bonchev–Trinajstić information content (AvgIpc) is 2.48. The second-order valence-electron chi connectivity index (χ2n) is 4.98. The van der Waals surface area contributed by atoms with Gasteiger partial charge in [-0.1, -0.05) is 26.0 Å². The number of benzene rings is 1. The molecule has 0 fully saturated rings. The van der Waals surface area contributed by atoms with E-state index in [0.29, 0.717) is 24.8 Å². The molecule has 2 N–H and O–H groups in total. The molecule has 0 aliphatic rings. The predicted molar refractivity (Wildman–Crippen MR) is 84.5 cm³/mol. The summed E-state index contributed by atoms with van der Waals surface area (Å²) in [6.07, 6.45) is 1.97. The predicted octanol–water partition coefficient (Wildman–Crippen LogP) is 2.62. The summed E-state index contributed by atoms with van der Waals surface area (Å²) in [6, 6.07) is 5.47. The van der Waals surface area contributed by atoms with Crippen molar-refractivity contribution in [1.82, 2.24) is 4.90 Å². The Morgan fingerprint density at radius 2 is 2.05 bits per heavy atom. The minimum atomic E-state index is -0.372. The topological polar surface area (TPSA) is 78.6 Å². The monoisotopic (exact) mass is 295 g/mol. The number of anilines is 1. The second-order valence-corrected chi connectivity index (χ2v) is 4.98. The molecular formula is C15H25N3O3. The van der Waals surface area contributed by atoms with Crippen LogP contribution >= 0.6 is 0 Å². The number of aliphatic hydroxyl groups excluding tert-OH is 1. The number of hydrogen-bond acceptors (Lipinski definition) is 5. The van der Waals surface area contributed by atoms with Crippen LogP contribution in [0.3, 0.4) is 0 Å². The molecule has 0 heterocycles. The van der Waals surface area contributed by atoms with Crippen molar-refractivity contribution in [2.45, 2.75) is 39.3 Å². The first-order chi connectivity index (χ1) is 10.1. The molecule has 0 unspecified atom stereocenters. The van der Waals surface area contributed by atoms with Crippen LogP contribution < -0.4 is 5.32 Å². The van der Waals surface area contributed by atoms with E-state index < -0.39 is 0 Å². The highest BCUT2D eigenvalue weighted by Gasteiger charge is 2.20. The summed E-state index contributed by atoms with van der Waals surface area (Å²) in [5.74, 6) is 0. The van der Waals surface area contributed by atoms with Gasteiger partial charge in [-0.15, -0.1) is 0 Å². The molecule has 6 heteroatoms. The van der Waals surface area contributed by atoms with E-state index >= 15 is 0 Å². The highest BCUT2D eigenvalue weighted by Crippen LogP contribution is 2.29. The number of nitrogens with zero attached hydrogens (tertiary/aromatic N) is 2. The van der Waals surface area contributed by atoms with Gasteiger partial charge in [0, 0.05) is 32.2 Å². The van der Waals surface area contributed by atoms with Gasteiger partial charge in [0.05, 0.1) is 11.5 Å². The Morgan fingerprint density at radius 3 is 2.52 bits per heavy atom. The normalized spacial score (nSPS) is 11.1. The van der Waals surface area contributed by atoms with Gasteiger partial charge in [-0.25, -0.2) is 0 Å². The number of aliphatic hydroxyl groups is 1. The molecule has 21 heavy (non-hydrogen) atoms. The smallest absolute Gasteiger partial charge is 0.292 e. The van der Waals surface area contributed by atoms with Crippen LogP contribution in [0.5, 0.6) is 0 Å². The molecule has 1 rings (SSSR count). The van der Waals surface area contributed by atoms with E-state index in [9.17, 15) is 15.2 Å². The molecule has 0 saturated carbocycles. The number of nitrogens with one attached hydrogen (secondary N) is 1. The standard InChI is InChI=1S/C15H25N3O3/c1-4-13(5-2)17(9-10-19)11-12-7-6-8-14(18(20)21)15(12)16-3/h6-8,13,16,19H,4-5,9-11H2,1-3H3. The zero-order valence-corrected chi connectivity index (χ0v) is 13.0. The quantitative estimate of drug-likeness (QED) is 0.541. The highest BCUT2D eigenvalue weighted by molar-refractivity contribution is 5.66. The first-order valence-electron chi connectivity index (χ1n) is 7.37. The molecule has 6 nitrogen and oxygen atoms in total. The van der Waals surface area contributed by atoms with Crippen molar-refractivity contribution in [3.05, 3.63) is 33.9 Å². The van der Waals surface area contributed by atoms with Crippen molar-refractivity contribution in [3.8, 4) is 0 Å².